The number of carbonyl (C=O) groups is 1. The van der Waals surface area contributed by atoms with E-state index in [9.17, 15) is 4.79 Å². The van der Waals surface area contributed by atoms with E-state index in [4.69, 9.17) is 11.6 Å². The van der Waals surface area contributed by atoms with Crippen molar-refractivity contribution >= 4 is 29.0 Å². The summed E-state index contributed by atoms with van der Waals surface area (Å²) < 4.78 is 0. The number of hydrogen-bond donors (Lipinski definition) is 1. The molecule has 0 bridgehead atoms. The molecule has 2 aromatic rings. The predicted molar refractivity (Wildman–Crippen MR) is 100 cm³/mol. The quantitative estimate of drug-likeness (QED) is 0.881. The summed E-state index contributed by atoms with van der Waals surface area (Å²) in [6.07, 6.45) is 0. The fraction of sp³-hybridized carbons (Fsp3) is 0.316. The Bertz CT molecular complexity index is 739. The van der Waals surface area contributed by atoms with Crippen molar-refractivity contribution in [3.8, 4) is 0 Å². The molecule has 0 radical (unpaired) electrons. The summed E-state index contributed by atoms with van der Waals surface area (Å²) in [6.45, 7) is 7.18. The van der Waals surface area contributed by atoms with Crippen molar-refractivity contribution in [1.82, 2.24) is 4.90 Å². The molecular weight excluding hydrogens is 322 g/mol. The van der Waals surface area contributed by atoms with E-state index in [1.165, 1.54) is 11.3 Å². The van der Waals surface area contributed by atoms with Crippen LogP contribution in [0.2, 0.25) is 5.02 Å². The van der Waals surface area contributed by atoms with Crippen molar-refractivity contribution in [2.45, 2.75) is 13.8 Å². The molecule has 4 nitrogen and oxygen atoms in total. The summed E-state index contributed by atoms with van der Waals surface area (Å²) in [5.74, 6) is 0. The van der Waals surface area contributed by atoms with Crippen LogP contribution in [-0.4, -0.2) is 37.1 Å². The van der Waals surface area contributed by atoms with E-state index >= 15 is 0 Å². The van der Waals surface area contributed by atoms with Gasteiger partial charge in [0.2, 0.25) is 0 Å². The van der Waals surface area contributed by atoms with Crippen LogP contribution >= 0.6 is 11.6 Å². The highest BCUT2D eigenvalue weighted by Crippen LogP contribution is 2.23. The van der Waals surface area contributed by atoms with Gasteiger partial charge in [0, 0.05) is 42.6 Å². The van der Waals surface area contributed by atoms with E-state index < -0.39 is 0 Å². The Morgan fingerprint density at radius 1 is 1.00 bits per heavy atom. The molecule has 5 heteroatoms. The Balaban J connectivity index is 1.61. The van der Waals surface area contributed by atoms with E-state index in [0.29, 0.717) is 18.1 Å². The Hall–Kier alpha value is -2.20. The van der Waals surface area contributed by atoms with E-state index in [2.05, 4.69) is 41.4 Å². The lowest BCUT2D eigenvalue weighted by Crippen LogP contribution is -2.50. The lowest BCUT2D eigenvalue weighted by molar-refractivity contribution is 0.208. The van der Waals surface area contributed by atoms with Crippen LogP contribution in [0.5, 0.6) is 0 Å². The van der Waals surface area contributed by atoms with Gasteiger partial charge in [0.25, 0.3) is 0 Å². The minimum atomic E-state index is -0.0650. The van der Waals surface area contributed by atoms with Gasteiger partial charge in [0.05, 0.1) is 0 Å². The monoisotopic (exact) mass is 343 g/mol. The van der Waals surface area contributed by atoms with Crippen molar-refractivity contribution in [1.29, 1.82) is 0 Å². The smallest absolute Gasteiger partial charge is 0.321 e. The number of rotatable bonds is 2. The molecule has 2 amide bonds. The molecule has 1 N–H and O–H groups in total. The number of hydrogen-bond acceptors (Lipinski definition) is 2. The molecule has 0 spiro atoms. The Labute approximate surface area is 148 Å². The Morgan fingerprint density at radius 2 is 1.71 bits per heavy atom. The molecule has 0 aromatic heterocycles. The van der Waals surface area contributed by atoms with Gasteiger partial charge in [0.15, 0.2) is 0 Å². The van der Waals surface area contributed by atoms with Crippen LogP contribution in [0.4, 0.5) is 16.2 Å². The van der Waals surface area contributed by atoms with Gasteiger partial charge in [-0.05, 0) is 43.2 Å². The summed E-state index contributed by atoms with van der Waals surface area (Å²) in [6, 6.07) is 13.8. The summed E-state index contributed by atoms with van der Waals surface area (Å²) in [5.41, 5.74) is 4.30. The molecule has 1 aliphatic heterocycles. The zero-order valence-corrected chi connectivity index (χ0v) is 14.8. The van der Waals surface area contributed by atoms with Crippen LogP contribution in [-0.2, 0) is 0 Å². The van der Waals surface area contributed by atoms with Crippen LogP contribution in [0.1, 0.15) is 11.1 Å². The van der Waals surface area contributed by atoms with Gasteiger partial charge in [-0.1, -0.05) is 35.9 Å². The van der Waals surface area contributed by atoms with Crippen molar-refractivity contribution in [3.63, 3.8) is 0 Å². The van der Waals surface area contributed by atoms with Crippen LogP contribution in [0.25, 0.3) is 0 Å². The van der Waals surface area contributed by atoms with E-state index in [1.54, 1.807) is 6.07 Å². The fourth-order valence-electron chi connectivity index (χ4n) is 2.99. The Kier molecular flexibility index (Phi) is 4.95. The molecule has 0 saturated carbocycles. The number of urea groups is 1. The van der Waals surface area contributed by atoms with Crippen molar-refractivity contribution in [3.05, 3.63) is 58.6 Å². The van der Waals surface area contributed by atoms with Crippen LogP contribution in [0, 0.1) is 13.8 Å². The van der Waals surface area contributed by atoms with Gasteiger partial charge >= 0.3 is 6.03 Å². The standard InChI is InChI=1S/C19H22ClN3O/c1-14-7-8-16(20)13-17(14)21-19(24)23-11-9-22(10-12-23)18-6-4-3-5-15(18)2/h3-8,13H,9-12H2,1-2H3,(H,21,24). The fourth-order valence-corrected chi connectivity index (χ4v) is 3.16. The number of amides is 2. The second kappa shape index (κ2) is 7.14. The van der Waals surface area contributed by atoms with E-state index in [-0.39, 0.29) is 6.03 Å². The number of anilines is 2. The maximum absolute atomic E-state index is 12.5. The maximum atomic E-state index is 12.5. The third kappa shape index (κ3) is 3.65. The lowest BCUT2D eigenvalue weighted by atomic mass is 10.1. The maximum Gasteiger partial charge on any atom is 0.321 e. The summed E-state index contributed by atoms with van der Waals surface area (Å²) >= 11 is 6.02. The zero-order chi connectivity index (χ0) is 17.1. The number of para-hydroxylation sites is 1. The van der Waals surface area contributed by atoms with E-state index in [1.807, 2.05) is 24.0 Å². The largest absolute Gasteiger partial charge is 0.368 e. The molecule has 1 heterocycles. The number of halogens is 1. The van der Waals surface area contributed by atoms with Gasteiger partial charge in [-0.25, -0.2) is 4.79 Å². The molecule has 0 atom stereocenters. The molecule has 0 unspecified atom stereocenters. The highest BCUT2D eigenvalue weighted by molar-refractivity contribution is 6.31. The van der Waals surface area contributed by atoms with Crippen LogP contribution < -0.4 is 10.2 Å². The first-order chi connectivity index (χ1) is 11.5. The first-order valence-electron chi connectivity index (χ1n) is 8.17. The van der Waals surface area contributed by atoms with Crippen molar-refractivity contribution in [2.75, 3.05) is 36.4 Å². The van der Waals surface area contributed by atoms with Gasteiger partial charge in [-0.2, -0.15) is 0 Å². The number of piperazine rings is 1. The summed E-state index contributed by atoms with van der Waals surface area (Å²) in [7, 11) is 0. The van der Waals surface area contributed by atoms with Gasteiger partial charge in [0.1, 0.15) is 0 Å². The lowest BCUT2D eigenvalue weighted by Gasteiger charge is -2.36. The normalized spacial score (nSPS) is 14.6. The zero-order valence-electron chi connectivity index (χ0n) is 14.1. The Morgan fingerprint density at radius 3 is 2.42 bits per heavy atom. The van der Waals surface area contributed by atoms with Gasteiger partial charge < -0.3 is 15.1 Å². The molecule has 2 aromatic carbocycles. The first kappa shape index (κ1) is 16.7. The SMILES string of the molecule is Cc1ccc(Cl)cc1NC(=O)N1CCN(c2ccccc2C)CC1. The average molecular weight is 344 g/mol. The minimum Gasteiger partial charge on any atom is -0.368 e. The number of nitrogens with one attached hydrogen (secondary N) is 1. The molecule has 1 aliphatic rings. The molecule has 126 valence electrons. The number of carbonyl (C=O) groups excluding carboxylic acids is 1. The second-order valence-corrected chi connectivity index (χ2v) is 6.59. The van der Waals surface area contributed by atoms with Gasteiger partial charge in [-0.3, -0.25) is 0 Å². The highest BCUT2D eigenvalue weighted by Gasteiger charge is 2.22. The number of benzene rings is 2. The van der Waals surface area contributed by atoms with E-state index in [0.717, 1.165) is 24.3 Å². The first-order valence-corrected chi connectivity index (χ1v) is 8.55. The predicted octanol–water partition coefficient (Wildman–Crippen LogP) is 4.31. The molecule has 1 fully saturated rings. The van der Waals surface area contributed by atoms with Gasteiger partial charge in [-0.15, -0.1) is 0 Å². The average Bonchev–Trinajstić information content (AvgIpc) is 2.59. The minimum absolute atomic E-state index is 0.0650. The molecule has 1 saturated heterocycles. The third-order valence-corrected chi connectivity index (χ3v) is 4.70. The second-order valence-electron chi connectivity index (χ2n) is 6.15. The third-order valence-electron chi connectivity index (χ3n) is 4.46. The molecule has 3 rings (SSSR count). The van der Waals surface area contributed by atoms with Crippen molar-refractivity contribution < 1.29 is 4.79 Å². The van der Waals surface area contributed by atoms with Crippen LogP contribution in [0.3, 0.4) is 0 Å². The molecule has 24 heavy (non-hydrogen) atoms. The van der Waals surface area contributed by atoms with Crippen LogP contribution in [0.15, 0.2) is 42.5 Å². The summed E-state index contributed by atoms with van der Waals surface area (Å²) in [5, 5.41) is 3.60. The van der Waals surface area contributed by atoms with Crippen molar-refractivity contribution in [2.24, 2.45) is 0 Å². The molecule has 0 aliphatic carbocycles. The number of nitrogens with zero attached hydrogens (tertiary/aromatic N) is 2. The topological polar surface area (TPSA) is 35.6 Å². The highest BCUT2D eigenvalue weighted by atomic mass is 35.5. The number of aryl methyl sites for hydroxylation is 2. The summed E-state index contributed by atoms with van der Waals surface area (Å²) in [4.78, 5) is 16.7. The molecular formula is C19H22ClN3O.